The molecule has 0 radical (unpaired) electrons. The molecule has 2 saturated carbocycles. The molecule has 1 heterocycles. The number of thioether (sulfide) groups is 1. The number of hydrogen-bond acceptors (Lipinski definition) is 5. The van der Waals surface area contributed by atoms with Crippen LogP contribution in [0.4, 0.5) is 0 Å². The van der Waals surface area contributed by atoms with Gasteiger partial charge in [-0.1, -0.05) is 70.2 Å². The summed E-state index contributed by atoms with van der Waals surface area (Å²) in [4.78, 5) is 37.5. The summed E-state index contributed by atoms with van der Waals surface area (Å²) in [6.07, 6.45) is 14.2. The van der Waals surface area contributed by atoms with Gasteiger partial charge in [0.1, 0.15) is 5.60 Å². The van der Waals surface area contributed by atoms with E-state index in [0.29, 0.717) is 18.3 Å². The molecule has 0 aromatic carbocycles. The van der Waals surface area contributed by atoms with Gasteiger partial charge in [0.05, 0.1) is 0 Å². The van der Waals surface area contributed by atoms with Crippen LogP contribution in [0.25, 0.3) is 0 Å². The maximum atomic E-state index is 13.2. The van der Waals surface area contributed by atoms with E-state index in [1.807, 2.05) is 26.8 Å². The van der Waals surface area contributed by atoms with E-state index in [4.69, 9.17) is 4.74 Å². The van der Waals surface area contributed by atoms with Crippen LogP contribution in [0.2, 0.25) is 0 Å². The second-order valence-corrected chi connectivity index (χ2v) is 13.2. The topological polar surface area (TPSA) is 60.4 Å². The Bertz CT molecular complexity index is 984. The van der Waals surface area contributed by atoms with Crippen LogP contribution in [0.5, 0.6) is 0 Å². The smallest absolute Gasteiger partial charge is 0.306 e. The van der Waals surface area contributed by atoms with E-state index in [-0.39, 0.29) is 38.9 Å². The number of carbonyl (C=O) groups is 3. The lowest BCUT2D eigenvalue weighted by molar-refractivity contribution is -0.157. The Morgan fingerprint density at radius 3 is 2.56 bits per heavy atom. The summed E-state index contributed by atoms with van der Waals surface area (Å²) >= 11 is 1.49. The number of ketones is 1. The molecule has 0 amide bonds. The molecule has 5 unspecified atom stereocenters. The zero-order valence-corrected chi connectivity index (χ0v) is 20.6. The highest BCUT2D eigenvalue weighted by atomic mass is 32.2. The van der Waals surface area contributed by atoms with Crippen molar-refractivity contribution in [1.29, 1.82) is 0 Å². The molecule has 32 heavy (non-hydrogen) atoms. The van der Waals surface area contributed by atoms with Gasteiger partial charge in [-0.25, -0.2) is 0 Å². The van der Waals surface area contributed by atoms with Gasteiger partial charge in [0.2, 0.25) is 0 Å². The van der Waals surface area contributed by atoms with Crippen LogP contribution >= 0.6 is 11.8 Å². The molecule has 1 aliphatic heterocycles. The van der Waals surface area contributed by atoms with E-state index in [1.165, 1.54) is 11.8 Å². The molecular formula is C27H34O4S. The van der Waals surface area contributed by atoms with Gasteiger partial charge in [-0.2, -0.15) is 0 Å². The van der Waals surface area contributed by atoms with Crippen LogP contribution in [0.3, 0.4) is 0 Å². The average Bonchev–Trinajstić information content (AvgIpc) is 3.23. The molecule has 3 fully saturated rings. The fourth-order valence-electron chi connectivity index (χ4n) is 7.24. The van der Waals surface area contributed by atoms with Gasteiger partial charge in [-0.05, 0) is 55.6 Å². The van der Waals surface area contributed by atoms with Crippen LogP contribution in [0, 0.1) is 34.0 Å². The van der Waals surface area contributed by atoms with Gasteiger partial charge in [-0.15, -0.1) is 0 Å². The number of allylic oxidation sites excluding steroid dienone is 5. The molecule has 5 aliphatic rings. The molecule has 0 aromatic rings. The molecule has 172 valence electrons. The Labute approximate surface area is 195 Å². The summed E-state index contributed by atoms with van der Waals surface area (Å²) in [6, 6.07) is 0. The summed E-state index contributed by atoms with van der Waals surface area (Å²) < 4.78 is 6.04. The predicted molar refractivity (Wildman–Crippen MR) is 126 cm³/mol. The Morgan fingerprint density at radius 1 is 1.16 bits per heavy atom. The highest BCUT2D eigenvalue weighted by Crippen LogP contribution is 2.68. The first-order valence-electron chi connectivity index (χ1n) is 12.0. The minimum absolute atomic E-state index is 0.0455. The zero-order chi connectivity index (χ0) is 23.1. The van der Waals surface area contributed by atoms with Crippen molar-refractivity contribution in [3.8, 4) is 0 Å². The van der Waals surface area contributed by atoms with Crippen molar-refractivity contribution in [2.75, 3.05) is 0 Å². The quantitative estimate of drug-likeness (QED) is 0.390. The van der Waals surface area contributed by atoms with Crippen molar-refractivity contribution in [3.05, 3.63) is 36.0 Å². The van der Waals surface area contributed by atoms with Crippen molar-refractivity contribution in [1.82, 2.24) is 0 Å². The van der Waals surface area contributed by atoms with Gasteiger partial charge in [-0.3, -0.25) is 14.4 Å². The lowest BCUT2D eigenvalue weighted by Crippen LogP contribution is -2.55. The number of esters is 1. The predicted octanol–water partition coefficient (Wildman–Crippen LogP) is 5.43. The monoisotopic (exact) mass is 454 g/mol. The highest BCUT2D eigenvalue weighted by molar-refractivity contribution is 8.14. The van der Waals surface area contributed by atoms with E-state index in [1.54, 1.807) is 6.08 Å². The second kappa shape index (κ2) is 6.94. The molecule has 1 spiro atoms. The molecule has 0 N–H and O–H groups in total. The number of carbonyl (C=O) groups excluding carboxylic acids is 3. The van der Waals surface area contributed by atoms with Crippen LogP contribution in [0.1, 0.15) is 66.7 Å². The van der Waals surface area contributed by atoms with Crippen molar-refractivity contribution in [2.45, 2.75) is 77.6 Å². The molecule has 1 saturated heterocycles. The van der Waals surface area contributed by atoms with Crippen LogP contribution in [-0.4, -0.2) is 27.7 Å². The molecule has 5 heteroatoms. The largest absolute Gasteiger partial charge is 0.458 e. The van der Waals surface area contributed by atoms with Gasteiger partial charge < -0.3 is 4.74 Å². The average molecular weight is 455 g/mol. The summed E-state index contributed by atoms with van der Waals surface area (Å²) in [5, 5.41) is 0.325. The molecular weight excluding hydrogens is 420 g/mol. The third kappa shape index (κ3) is 2.99. The first-order valence-corrected chi connectivity index (χ1v) is 12.8. The van der Waals surface area contributed by atoms with Crippen LogP contribution in [0.15, 0.2) is 36.0 Å². The van der Waals surface area contributed by atoms with Gasteiger partial charge in [0, 0.05) is 27.9 Å². The van der Waals surface area contributed by atoms with E-state index in [2.05, 4.69) is 32.1 Å². The first-order chi connectivity index (χ1) is 14.9. The summed E-state index contributed by atoms with van der Waals surface area (Å²) in [5.74, 6) is 0.829. The fraction of sp³-hybridized carbons (Fsp3) is 0.667. The van der Waals surface area contributed by atoms with Crippen molar-refractivity contribution in [2.24, 2.45) is 34.0 Å². The summed E-state index contributed by atoms with van der Waals surface area (Å²) in [7, 11) is 0. The minimum Gasteiger partial charge on any atom is -0.458 e. The Kier molecular flexibility index (Phi) is 4.81. The number of ether oxygens (including phenoxy) is 1. The summed E-state index contributed by atoms with van der Waals surface area (Å²) in [5.41, 5.74) is -0.0903. The van der Waals surface area contributed by atoms with Crippen molar-refractivity contribution < 1.29 is 19.1 Å². The number of rotatable bonds is 1. The fourth-order valence-corrected chi connectivity index (χ4v) is 8.65. The second-order valence-electron chi connectivity index (χ2n) is 11.9. The molecule has 7 atom stereocenters. The lowest BCUT2D eigenvalue weighted by Gasteiger charge is -2.57. The molecule has 5 rings (SSSR count). The van der Waals surface area contributed by atoms with E-state index in [0.717, 1.165) is 31.3 Å². The molecule has 4 nitrogen and oxygen atoms in total. The maximum Gasteiger partial charge on any atom is 0.306 e. The van der Waals surface area contributed by atoms with Gasteiger partial charge >= 0.3 is 5.97 Å². The van der Waals surface area contributed by atoms with E-state index >= 15 is 0 Å². The Morgan fingerprint density at radius 2 is 1.91 bits per heavy atom. The highest BCUT2D eigenvalue weighted by Gasteiger charge is 2.67. The van der Waals surface area contributed by atoms with E-state index < -0.39 is 11.0 Å². The van der Waals surface area contributed by atoms with Gasteiger partial charge in [0.25, 0.3) is 0 Å². The van der Waals surface area contributed by atoms with Crippen LogP contribution < -0.4 is 0 Å². The Balaban J connectivity index is 1.59. The Hall–Kier alpha value is -1.62. The van der Waals surface area contributed by atoms with Crippen LogP contribution in [-0.2, 0) is 19.1 Å². The lowest BCUT2D eigenvalue weighted by atomic mass is 9.49. The third-order valence-electron chi connectivity index (χ3n) is 9.20. The SMILES string of the molecule is CC(C)(C)C(=O)S[C@@H]1CC2=CC(=O)C=CC2(C)C2C=CC3(C)C(CC[C@@]34CCC(=O)O4)C21. The standard InChI is InChI=1S/C27H34O4S/c1-24(2,3)23(30)32-20-15-16-14-17(28)6-10-25(16,4)18-7-11-26(5)19(22(18)20)8-12-27(26)13-9-21(29)31-27/h6-7,10-11,14,18-20,22H,8-9,12-13,15H2,1-5H3/t18?,19?,20-,22?,25?,26?,27-/m1/s1. The zero-order valence-electron chi connectivity index (χ0n) is 19.8. The number of fused-ring (bicyclic) bond motifs is 6. The minimum atomic E-state index is -0.413. The maximum absolute atomic E-state index is 13.2. The van der Waals surface area contributed by atoms with Gasteiger partial charge in [0.15, 0.2) is 10.9 Å². The summed E-state index contributed by atoms with van der Waals surface area (Å²) in [6.45, 7) is 10.5. The molecule has 4 aliphatic carbocycles. The molecule has 0 bridgehead atoms. The normalized spacial score (nSPS) is 44.7. The number of hydrogen-bond donors (Lipinski definition) is 0. The van der Waals surface area contributed by atoms with Crippen molar-refractivity contribution >= 4 is 28.6 Å². The third-order valence-corrected chi connectivity index (χ3v) is 10.8. The van der Waals surface area contributed by atoms with E-state index in [9.17, 15) is 14.4 Å². The first kappa shape index (κ1) is 22.2. The van der Waals surface area contributed by atoms with Crippen molar-refractivity contribution in [3.63, 3.8) is 0 Å². The molecule has 0 aromatic heterocycles.